The number of amides is 1. The third kappa shape index (κ3) is 4.27. The van der Waals surface area contributed by atoms with Gasteiger partial charge in [-0.2, -0.15) is 0 Å². The maximum Gasteiger partial charge on any atom is 0.303 e. The molecule has 0 aliphatic rings. The fraction of sp³-hybridized carbons (Fsp3) is 0.333. The van der Waals surface area contributed by atoms with E-state index in [-0.39, 0.29) is 13.0 Å². The molecule has 1 rings (SSSR count). The first-order valence-corrected chi connectivity index (χ1v) is 5.57. The molecule has 0 bridgehead atoms. The zero-order valence-electron chi connectivity index (χ0n) is 9.88. The van der Waals surface area contributed by atoms with Gasteiger partial charge in [0.2, 0.25) is 0 Å². The topological polar surface area (TPSA) is 66.4 Å². The Kier molecular flexibility index (Phi) is 5.35. The van der Waals surface area contributed by atoms with Gasteiger partial charge in [0.25, 0.3) is 5.91 Å². The van der Waals surface area contributed by atoms with Crippen LogP contribution in [-0.2, 0) is 4.79 Å². The Morgan fingerprint density at radius 3 is 2.42 bits per heavy atom. The largest absolute Gasteiger partial charge is 0.481 e. The number of rotatable bonds is 6. The first-order valence-electron chi connectivity index (χ1n) is 5.57. The van der Waals surface area contributed by atoms with Crippen molar-refractivity contribution in [3.05, 3.63) is 35.1 Å². The predicted molar refractivity (Wildman–Crippen MR) is 60.1 cm³/mol. The molecule has 0 atom stereocenters. The highest BCUT2D eigenvalue weighted by Gasteiger charge is 2.18. The van der Waals surface area contributed by atoms with Crippen molar-refractivity contribution in [1.82, 2.24) is 5.32 Å². The zero-order valence-corrected chi connectivity index (χ0v) is 9.88. The predicted octanol–water partition coefficient (Wildman–Crippen LogP) is 2.09. The highest BCUT2D eigenvalue weighted by atomic mass is 19.2. The summed E-state index contributed by atoms with van der Waals surface area (Å²) in [5.74, 6) is -6.42. The molecule has 0 unspecified atom stereocenters. The van der Waals surface area contributed by atoms with Gasteiger partial charge in [0.15, 0.2) is 17.5 Å². The average molecular weight is 275 g/mol. The van der Waals surface area contributed by atoms with Gasteiger partial charge in [0, 0.05) is 13.0 Å². The van der Waals surface area contributed by atoms with Crippen LogP contribution in [0.4, 0.5) is 13.2 Å². The Labute approximate surface area is 107 Å². The van der Waals surface area contributed by atoms with Crippen molar-refractivity contribution < 1.29 is 27.9 Å². The Bertz CT molecular complexity index is 491. The molecular formula is C12H12F3NO3. The number of carbonyl (C=O) groups is 2. The summed E-state index contributed by atoms with van der Waals surface area (Å²) in [6.07, 6.45) is 0.717. The summed E-state index contributed by atoms with van der Waals surface area (Å²) in [6.45, 7) is 0.130. The molecule has 0 aromatic heterocycles. The average Bonchev–Trinajstić information content (AvgIpc) is 2.35. The van der Waals surface area contributed by atoms with Crippen LogP contribution in [0.25, 0.3) is 0 Å². The maximum atomic E-state index is 13.2. The van der Waals surface area contributed by atoms with E-state index >= 15 is 0 Å². The molecule has 0 aliphatic carbocycles. The molecule has 1 aromatic carbocycles. The third-order valence-corrected chi connectivity index (χ3v) is 2.38. The first kappa shape index (κ1) is 15.0. The van der Waals surface area contributed by atoms with Crippen LogP contribution in [-0.4, -0.2) is 23.5 Å². The van der Waals surface area contributed by atoms with Crippen molar-refractivity contribution in [3.63, 3.8) is 0 Å². The quantitative estimate of drug-likeness (QED) is 0.617. The van der Waals surface area contributed by atoms with E-state index in [4.69, 9.17) is 5.11 Å². The second-order valence-electron chi connectivity index (χ2n) is 3.83. The lowest BCUT2D eigenvalue weighted by Crippen LogP contribution is -2.26. The smallest absolute Gasteiger partial charge is 0.303 e. The van der Waals surface area contributed by atoms with Crippen molar-refractivity contribution >= 4 is 11.9 Å². The molecule has 0 saturated carbocycles. The van der Waals surface area contributed by atoms with E-state index < -0.39 is 34.9 Å². The van der Waals surface area contributed by atoms with Crippen molar-refractivity contribution in [2.45, 2.75) is 19.3 Å². The number of carboxylic acid groups (broad SMARTS) is 1. The van der Waals surface area contributed by atoms with Gasteiger partial charge in [-0.25, -0.2) is 13.2 Å². The zero-order chi connectivity index (χ0) is 14.4. The molecule has 2 N–H and O–H groups in total. The second-order valence-corrected chi connectivity index (χ2v) is 3.83. The van der Waals surface area contributed by atoms with Gasteiger partial charge in [-0.15, -0.1) is 0 Å². The number of carboxylic acids is 1. The van der Waals surface area contributed by atoms with Gasteiger partial charge in [0.1, 0.15) is 0 Å². The first-order chi connectivity index (χ1) is 8.93. The highest BCUT2D eigenvalue weighted by Crippen LogP contribution is 2.14. The molecule has 7 heteroatoms. The molecule has 4 nitrogen and oxygen atoms in total. The number of halogens is 3. The lowest BCUT2D eigenvalue weighted by atomic mass is 10.1. The highest BCUT2D eigenvalue weighted by molar-refractivity contribution is 5.94. The molecule has 0 aliphatic heterocycles. The number of benzene rings is 1. The van der Waals surface area contributed by atoms with E-state index in [2.05, 4.69) is 5.32 Å². The van der Waals surface area contributed by atoms with Crippen LogP contribution < -0.4 is 5.32 Å². The lowest BCUT2D eigenvalue weighted by Gasteiger charge is -2.06. The van der Waals surface area contributed by atoms with Crippen LogP contribution >= 0.6 is 0 Å². The van der Waals surface area contributed by atoms with Crippen LogP contribution in [0.5, 0.6) is 0 Å². The number of nitrogens with one attached hydrogen (secondary N) is 1. The maximum absolute atomic E-state index is 13.2. The minimum atomic E-state index is -1.70. The summed E-state index contributed by atoms with van der Waals surface area (Å²) in [5.41, 5.74) is -0.586. The summed E-state index contributed by atoms with van der Waals surface area (Å²) in [5, 5.41) is 10.7. The van der Waals surface area contributed by atoms with Crippen LogP contribution in [0.3, 0.4) is 0 Å². The summed E-state index contributed by atoms with van der Waals surface area (Å²) in [4.78, 5) is 21.7. The molecule has 1 amide bonds. The molecule has 19 heavy (non-hydrogen) atoms. The monoisotopic (exact) mass is 275 g/mol. The minimum Gasteiger partial charge on any atom is -0.481 e. The number of hydrogen-bond donors (Lipinski definition) is 2. The number of hydrogen-bond acceptors (Lipinski definition) is 2. The second kappa shape index (κ2) is 6.77. The molecule has 104 valence electrons. The third-order valence-electron chi connectivity index (χ3n) is 2.38. The molecule has 0 heterocycles. The van der Waals surface area contributed by atoms with Crippen molar-refractivity contribution in [2.75, 3.05) is 6.54 Å². The molecular weight excluding hydrogens is 263 g/mol. The molecule has 0 spiro atoms. The van der Waals surface area contributed by atoms with Crippen molar-refractivity contribution in [3.8, 4) is 0 Å². The fourth-order valence-corrected chi connectivity index (χ4v) is 1.40. The Hall–Kier alpha value is -2.05. The number of aliphatic carboxylic acids is 1. The van der Waals surface area contributed by atoms with E-state index in [1.165, 1.54) is 0 Å². The van der Waals surface area contributed by atoms with E-state index in [1.54, 1.807) is 0 Å². The van der Waals surface area contributed by atoms with Gasteiger partial charge in [-0.1, -0.05) is 0 Å². The lowest BCUT2D eigenvalue weighted by molar-refractivity contribution is -0.137. The molecule has 1 aromatic rings. The van der Waals surface area contributed by atoms with Gasteiger partial charge in [0.05, 0.1) is 5.56 Å². The fourth-order valence-electron chi connectivity index (χ4n) is 1.40. The van der Waals surface area contributed by atoms with E-state index in [1.807, 2.05) is 0 Å². The Morgan fingerprint density at radius 1 is 1.11 bits per heavy atom. The van der Waals surface area contributed by atoms with Gasteiger partial charge >= 0.3 is 5.97 Å². The summed E-state index contributed by atoms with van der Waals surface area (Å²) < 4.78 is 38.8. The Balaban J connectivity index is 2.50. The van der Waals surface area contributed by atoms with Crippen LogP contribution in [0.2, 0.25) is 0 Å². The van der Waals surface area contributed by atoms with Crippen LogP contribution in [0.15, 0.2) is 12.1 Å². The normalized spacial score (nSPS) is 10.3. The van der Waals surface area contributed by atoms with Gasteiger partial charge in [-0.3, -0.25) is 9.59 Å². The summed E-state index contributed by atoms with van der Waals surface area (Å²) in [6, 6.07) is 1.51. The summed E-state index contributed by atoms with van der Waals surface area (Å²) >= 11 is 0. The number of carbonyl (C=O) groups excluding carboxylic acids is 1. The molecule has 0 saturated heterocycles. The summed E-state index contributed by atoms with van der Waals surface area (Å²) in [7, 11) is 0. The van der Waals surface area contributed by atoms with Crippen LogP contribution in [0, 0.1) is 17.5 Å². The molecule has 0 radical (unpaired) electrons. The SMILES string of the molecule is O=C(O)CCCCNC(=O)c1ccc(F)c(F)c1F. The van der Waals surface area contributed by atoms with Crippen molar-refractivity contribution in [2.24, 2.45) is 0 Å². The Morgan fingerprint density at radius 2 is 1.79 bits per heavy atom. The van der Waals surface area contributed by atoms with Gasteiger partial charge in [-0.05, 0) is 25.0 Å². The van der Waals surface area contributed by atoms with E-state index in [0.29, 0.717) is 18.9 Å². The molecule has 0 fully saturated rings. The van der Waals surface area contributed by atoms with Crippen molar-refractivity contribution in [1.29, 1.82) is 0 Å². The van der Waals surface area contributed by atoms with Gasteiger partial charge < -0.3 is 10.4 Å². The minimum absolute atomic E-state index is 0.0323. The van der Waals surface area contributed by atoms with E-state index in [0.717, 1.165) is 6.07 Å². The standard InChI is InChI=1S/C12H12F3NO3/c13-8-5-4-7(10(14)11(8)15)12(19)16-6-2-1-3-9(17)18/h4-5H,1-3,6H2,(H,16,19)(H,17,18). The van der Waals surface area contributed by atoms with E-state index in [9.17, 15) is 22.8 Å². The number of unbranched alkanes of at least 4 members (excludes halogenated alkanes) is 1. The van der Waals surface area contributed by atoms with Crippen LogP contribution in [0.1, 0.15) is 29.6 Å².